The quantitative estimate of drug-likeness (QED) is 0.649. The van der Waals surface area contributed by atoms with Crippen LogP contribution in [0.5, 0.6) is 0 Å². The van der Waals surface area contributed by atoms with Crippen molar-refractivity contribution in [1.82, 2.24) is 14.2 Å². The van der Waals surface area contributed by atoms with Crippen LogP contribution in [0.2, 0.25) is 0 Å². The molecule has 26 heavy (non-hydrogen) atoms. The number of hydrogen-bond donors (Lipinski definition) is 0. The first-order chi connectivity index (χ1) is 12.2. The zero-order valence-electron chi connectivity index (χ0n) is 15.7. The van der Waals surface area contributed by atoms with E-state index in [0.717, 1.165) is 0 Å². The van der Waals surface area contributed by atoms with Crippen LogP contribution in [0.3, 0.4) is 0 Å². The summed E-state index contributed by atoms with van der Waals surface area (Å²) < 4.78 is 31.7. The first-order valence-corrected chi connectivity index (χ1v) is 11.1. The number of morpholine rings is 1. The fraction of sp³-hybridized carbons (Fsp3) is 0.647. The Hall–Kier alpha value is -1.16. The van der Waals surface area contributed by atoms with E-state index in [9.17, 15) is 13.2 Å². The highest BCUT2D eigenvalue weighted by molar-refractivity contribution is 7.99. The molecule has 0 unspecified atom stereocenters. The maximum absolute atomic E-state index is 12.6. The smallest absolute Gasteiger partial charge is 0.244 e. The summed E-state index contributed by atoms with van der Waals surface area (Å²) in [6.45, 7) is 9.49. The van der Waals surface area contributed by atoms with Gasteiger partial charge in [0.2, 0.25) is 15.9 Å². The number of hydrogen-bond acceptors (Lipinski definition) is 6. The minimum absolute atomic E-state index is 0.0480. The van der Waals surface area contributed by atoms with E-state index < -0.39 is 10.0 Å². The van der Waals surface area contributed by atoms with Crippen LogP contribution in [0.4, 0.5) is 0 Å². The zero-order valence-corrected chi connectivity index (χ0v) is 17.3. The van der Waals surface area contributed by atoms with Gasteiger partial charge in [0, 0.05) is 31.4 Å². The molecule has 1 aromatic heterocycles. The summed E-state index contributed by atoms with van der Waals surface area (Å²) in [5.74, 6) is 0.325. The molecule has 0 saturated carbocycles. The molecule has 0 aromatic carbocycles. The SMILES string of the molecule is CC(C)N(C(=O)CSc1ccc(S(=O)(=O)N2CCOCC2)cn1)C(C)C. The third-order valence-electron chi connectivity index (χ3n) is 4.06. The molecule has 1 aliphatic rings. The fourth-order valence-electron chi connectivity index (χ4n) is 2.92. The predicted molar refractivity (Wildman–Crippen MR) is 102 cm³/mol. The molecule has 2 rings (SSSR count). The van der Waals surface area contributed by atoms with Crippen molar-refractivity contribution in [1.29, 1.82) is 0 Å². The second-order valence-electron chi connectivity index (χ2n) is 6.63. The number of sulfonamides is 1. The van der Waals surface area contributed by atoms with E-state index in [0.29, 0.717) is 31.3 Å². The van der Waals surface area contributed by atoms with Gasteiger partial charge in [0.15, 0.2) is 0 Å². The van der Waals surface area contributed by atoms with E-state index in [1.54, 1.807) is 12.1 Å². The molecule has 1 fully saturated rings. The van der Waals surface area contributed by atoms with Crippen molar-refractivity contribution < 1.29 is 17.9 Å². The number of aromatic nitrogens is 1. The van der Waals surface area contributed by atoms with Gasteiger partial charge in [-0.1, -0.05) is 11.8 Å². The van der Waals surface area contributed by atoms with Crippen LogP contribution in [0.25, 0.3) is 0 Å². The minimum Gasteiger partial charge on any atom is -0.379 e. The molecule has 1 aliphatic heterocycles. The first kappa shape index (κ1) is 21.1. The number of carbonyl (C=O) groups is 1. The van der Waals surface area contributed by atoms with E-state index >= 15 is 0 Å². The molecule has 1 saturated heterocycles. The summed E-state index contributed by atoms with van der Waals surface area (Å²) in [5, 5.41) is 0.631. The van der Waals surface area contributed by atoms with Crippen LogP contribution in [0, 0.1) is 0 Å². The molecule has 1 aromatic rings. The maximum atomic E-state index is 12.6. The number of pyridine rings is 1. The predicted octanol–water partition coefficient (Wildman–Crippen LogP) is 1.84. The monoisotopic (exact) mass is 401 g/mol. The molecule has 0 radical (unpaired) electrons. The largest absolute Gasteiger partial charge is 0.379 e. The average Bonchev–Trinajstić information content (AvgIpc) is 2.60. The Morgan fingerprint density at radius 2 is 1.85 bits per heavy atom. The number of rotatable bonds is 7. The van der Waals surface area contributed by atoms with Gasteiger partial charge < -0.3 is 9.64 Å². The summed E-state index contributed by atoms with van der Waals surface area (Å²) in [7, 11) is -3.54. The molecule has 146 valence electrons. The van der Waals surface area contributed by atoms with Gasteiger partial charge in [0.05, 0.1) is 24.0 Å². The van der Waals surface area contributed by atoms with Gasteiger partial charge in [-0.25, -0.2) is 13.4 Å². The molecule has 0 N–H and O–H groups in total. The van der Waals surface area contributed by atoms with Crippen LogP contribution in [-0.2, 0) is 19.6 Å². The highest BCUT2D eigenvalue weighted by Crippen LogP contribution is 2.21. The maximum Gasteiger partial charge on any atom is 0.244 e. The van der Waals surface area contributed by atoms with E-state index in [1.165, 1.54) is 22.3 Å². The lowest BCUT2D eigenvalue weighted by atomic mass is 10.2. The zero-order chi connectivity index (χ0) is 19.3. The van der Waals surface area contributed by atoms with E-state index in [4.69, 9.17) is 4.74 Å². The summed E-state index contributed by atoms with van der Waals surface area (Å²) in [5.41, 5.74) is 0. The first-order valence-electron chi connectivity index (χ1n) is 8.71. The van der Waals surface area contributed by atoms with Gasteiger partial charge in [-0.15, -0.1) is 0 Å². The summed E-state index contributed by atoms with van der Waals surface area (Å²) >= 11 is 1.32. The highest BCUT2D eigenvalue weighted by Gasteiger charge is 2.26. The lowest BCUT2D eigenvalue weighted by molar-refractivity contribution is -0.131. The summed E-state index contributed by atoms with van der Waals surface area (Å²) in [4.78, 5) is 18.6. The molecular formula is C17H27N3O4S2. The molecule has 1 amide bonds. The number of nitrogens with zero attached hydrogens (tertiary/aromatic N) is 3. The summed E-state index contributed by atoms with van der Waals surface area (Å²) in [6, 6.07) is 3.47. The average molecular weight is 402 g/mol. The molecule has 9 heteroatoms. The number of ether oxygens (including phenoxy) is 1. The van der Waals surface area contributed by atoms with Crippen LogP contribution in [0.15, 0.2) is 28.3 Å². The van der Waals surface area contributed by atoms with Crippen LogP contribution < -0.4 is 0 Å². The lowest BCUT2D eigenvalue weighted by Gasteiger charge is -2.30. The Kier molecular flexibility index (Phi) is 7.45. The van der Waals surface area contributed by atoms with E-state index in [-0.39, 0.29) is 28.6 Å². The van der Waals surface area contributed by atoms with Crippen molar-refractivity contribution in [2.24, 2.45) is 0 Å². The Labute approximate surface area is 160 Å². The molecular weight excluding hydrogens is 374 g/mol. The van der Waals surface area contributed by atoms with Gasteiger partial charge in [0.25, 0.3) is 0 Å². The van der Waals surface area contributed by atoms with Gasteiger partial charge in [-0.2, -0.15) is 4.31 Å². The normalized spacial score (nSPS) is 16.2. The van der Waals surface area contributed by atoms with E-state index in [1.807, 2.05) is 32.6 Å². The van der Waals surface area contributed by atoms with Crippen molar-refractivity contribution >= 4 is 27.7 Å². The summed E-state index contributed by atoms with van der Waals surface area (Å²) in [6.07, 6.45) is 1.36. The van der Waals surface area contributed by atoms with Crippen LogP contribution >= 0.6 is 11.8 Å². The second kappa shape index (κ2) is 9.16. The van der Waals surface area contributed by atoms with Gasteiger partial charge >= 0.3 is 0 Å². The van der Waals surface area contributed by atoms with Crippen molar-refractivity contribution in [3.8, 4) is 0 Å². The Balaban J connectivity index is 2.00. The van der Waals surface area contributed by atoms with Crippen LogP contribution in [0.1, 0.15) is 27.7 Å². The van der Waals surface area contributed by atoms with Crippen molar-refractivity contribution in [2.45, 2.75) is 49.7 Å². The molecule has 7 nitrogen and oxygen atoms in total. The molecule has 0 aliphatic carbocycles. The Morgan fingerprint density at radius 1 is 1.23 bits per heavy atom. The number of carbonyl (C=O) groups excluding carboxylic acids is 1. The highest BCUT2D eigenvalue weighted by atomic mass is 32.2. The van der Waals surface area contributed by atoms with Gasteiger partial charge in [-0.3, -0.25) is 4.79 Å². The Bertz CT molecular complexity index is 691. The lowest BCUT2D eigenvalue weighted by Crippen LogP contribution is -2.43. The Morgan fingerprint density at radius 3 is 2.35 bits per heavy atom. The van der Waals surface area contributed by atoms with Crippen molar-refractivity contribution in [2.75, 3.05) is 32.1 Å². The number of thioether (sulfide) groups is 1. The third-order valence-corrected chi connectivity index (χ3v) is 6.87. The van der Waals surface area contributed by atoms with Gasteiger partial charge in [-0.05, 0) is 39.8 Å². The molecule has 0 bridgehead atoms. The molecule has 2 heterocycles. The number of amides is 1. The van der Waals surface area contributed by atoms with Crippen LogP contribution in [-0.4, -0.2) is 72.7 Å². The van der Waals surface area contributed by atoms with Gasteiger partial charge in [0.1, 0.15) is 4.90 Å². The molecule has 0 spiro atoms. The topological polar surface area (TPSA) is 79.8 Å². The standard InChI is InChI=1S/C17H27N3O4S2/c1-13(2)20(14(3)4)17(21)12-25-16-6-5-15(11-18-16)26(22,23)19-7-9-24-10-8-19/h5-6,11,13-14H,7-10,12H2,1-4H3. The van der Waals surface area contributed by atoms with Crippen molar-refractivity contribution in [3.63, 3.8) is 0 Å². The fourth-order valence-corrected chi connectivity index (χ4v) is 4.99. The van der Waals surface area contributed by atoms with Crippen molar-refractivity contribution in [3.05, 3.63) is 18.3 Å². The second-order valence-corrected chi connectivity index (χ2v) is 9.56. The molecule has 0 atom stereocenters. The third kappa shape index (κ3) is 5.18. The van der Waals surface area contributed by atoms with E-state index in [2.05, 4.69) is 4.98 Å². The minimum atomic E-state index is -3.54.